The second-order valence-electron chi connectivity index (χ2n) is 6.29. The monoisotopic (exact) mass is 280 g/mol. The zero-order chi connectivity index (χ0) is 14.5. The van der Waals surface area contributed by atoms with Gasteiger partial charge in [-0.25, -0.2) is 0 Å². The molecule has 110 valence electrons. The van der Waals surface area contributed by atoms with Crippen LogP contribution in [0.2, 0.25) is 0 Å². The van der Waals surface area contributed by atoms with Gasteiger partial charge in [0.2, 0.25) is 5.91 Å². The first-order valence-corrected chi connectivity index (χ1v) is 7.10. The van der Waals surface area contributed by atoms with Crippen LogP contribution < -0.4 is 10.0 Å². The number of quaternary nitrogens is 1. The van der Waals surface area contributed by atoms with E-state index in [4.69, 9.17) is 4.74 Å². The fourth-order valence-corrected chi connectivity index (χ4v) is 3.66. The molecule has 3 aliphatic rings. The van der Waals surface area contributed by atoms with Crippen LogP contribution in [0.3, 0.4) is 0 Å². The van der Waals surface area contributed by atoms with E-state index in [2.05, 4.69) is 14.1 Å². The minimum absolute atomic E-state index is 0.0974. The van der Waals surface area contributed by atoms with Gasteiger partial charge in [0.1, 0.15) is 5.60 Å². The van der Waals surface area contributed by atoms with Crippen molar-refractivity contribution < 1.29 is 24.3 Å². The Morgan fingerprint density at radius 3 is 3.00 bits per heavy atom. The number of carbonyl (C=O) groups excluding carboxylic acids is 2. The Morgan fingerprint density at radius 1 is 1.60 bits per heavy atom. The van der Waals surface area contributed by atoms with Crippen molar-refractivity contribution in [2.75, 3.05) is 33.7 Å². The first-order chi connectivity index (χ1) is 9.44. The van der Waals surface area contributed by atoms with Crippen LogP contribution in [0.5, 0.6) is 0 Å². The van der Waals surface area contributed by atoms with Gasteiger partial charge >= 0.3 is 0 Å². The average Bonchev–Trinajstić information content (AvgIpc) is 2.98. The normalized spacial score (nSPS) is 38.0. The van der Waals surface area contributed by atoms with Gasteiger partial charge in [0, 0.05) is 24.9 Å². The van der Waals surface area contributed by atoms with Crippen LogP contribution in [0.1, 0.15) is 6.42 Å². The molecule has 2 saturated heterocycles. The van der Waals surface area contributed by atoms with Gasteiger partial charge in [-0.2, -0.15) is 0 Å². The number of carboxylic acids is 1. The molecule has 0 aromatic rings. The number of carboxylic acid groups (broad SMARTS) is 1. The van der Waals surface area contributed by atoms with E-state index in [-0.39, 0.29) is 5.91 Å². The summed E-state index contributed by atoms with van der Waals surface area (Å²) in [6.07, 6.45) is 4.04. The van der Waals surface area contributed by atoms with Gasteiger partial charge in [0.15, 0.2) is 0 Å². The lowest BCUT2D eigenvalue weighted by Crippen LogP contribution is -3.05. The number of ether oxygens (including phenoxy) is 1. The summed E-state index contributed by atoms with van der Waals surface area (Å²) in [7, 11) is 4.14. The lowest BCUT2D eigenvalue weighted by Gasteiger charge is -2.24. The number of hydrogen-bond donors (Lipinski definition) is 1. The Morgan fingerprint density at radius 2 is 2.35 bits per heavy atom. The molecule has 3 heterocycles. The van der Waals surface area contributed by atoms with E-state index >= 15 is 0 Å². The molecule has 0 aromatic carbocycles. The van der Waals surface area contributed by atoms with E-state index in [1.165, 1.54) is 4.90 Å². The van der Waals surface area contributed by atoms with Gasteiger partial charge in [-0.3, -0.25) is 4.79 Å². The Hall–Kier alpha value is -1.40. The van der Waals surface area contributed by atoms with E-state index in [9.17, 15) is 14.7 Å². The number of nitrogens with one attached hydrogen (secondary N) is 1. The average molecular weight is 280 g/mol. The van der Waals surface area contributed by atoms with Crippen LogP contribution in [-0.2, 0) is 14.3 Å². The minimum Gasteiger partial charge on any atom is -0.550 e. The van der Waals surface area contributed by atoms with Crippen molar-refractivity contribution >= 4 is 11.9 Å². The Bertz CT molecular complexity index is 476. The molecule has 0 radical (unpaired) electrons. The first-order valence-electron chi connectivity index (χ1n) is 7.10. The highest BCUT2D eigenvalue weighted by atomic mass is 16.5. The van der Waals surface area contributed by atoms with E-state index in [1.807, 2.05) is 6.08 Å². The molecular weight excluding hydrogens is 260 g/mol. The fourth-order valence-electron chi connectivity index (χ4n) is 3.66. The maximum Gasteiger partial charge on any atom is 0.229 e. The summed E-state index contributed by atoms with van der Waals surface area (Å²) in [6, 6.07) is 0. The molecular formula is C14H20N2O4. The molecule has 0 unspecified atom stereocenters. The summed E-state index contributed by atoms with van der Waals surface area (Å²) < 4.78 is 5.79. The topological polar surface area (TPSA) is 74.1 Å². The van der Waals surface area contributed by atoms with Gasteiger partial charge in [-0.15, -0.1) is 0 Å². The van der Waals surface area contributed by atoms with Gasteiger partial charge in [0.05, 0.1) is 39.2 Å². The third-order valence-electron chi connectivity index (χ3n) is 4.56. The minimum atomic E-state index is -1.18. The molecule has 4 atom stereocenters. The van der Waals surface area contributed by atoms with Crippen LogP contribution in [0.15, 0.2) is 12.2 Å². The molecule has 2 bridgehead atoms. The van der Waals surface area contributed by atoms with Crippen molar-refractivity contribution in [2.24, 2.45) is 11.8 Å². The summed E-state index contributed by atoms with van der Waals surface area (Å²) in [5.74, 6) is -2.72. The Kier molecular flexibility index (Phi) is 3.10. The highest BCUT2D eigenvalue weighted by molar-refractivity contribution is 5.90. The standard InChI is InChI=1S/C14H20N2O4/c1-15(2)6-3-7-16-8-14-5-4-9(20-14)10(13(18)19)11(14)12(16)17/h4-5,9-11H,3,6-8H2,1-2H3,(H,18,19)/t9-,10+,11-,14-/m1/s1. The van der Waals surface area contributed by atoms with Gasteiger partial charge in [0.25, 0.3) is 0 Å². The Labute approximate surface area is 118 Å². The molecule has 1 amide bonds. The van der Waals surface area contributed by atoms with Gasteiger partial charge in [-0.05, 0) is 0 Å². The van der Waals surface area contributed by atoms with Crippen LogP contribution in [-0.4, -0.2) is 62.2 Å². The summed E-state index contributed by atoms with van der Waals surface area (Å²) in [6.45, 7) is 2.10. The number of amides is 1. The van der Waals surface area contributed by atoms with Crippen molar-refractivity contribution in [1.29, 1.82) is 0 Å². The van der Waals surface area contributed by atoms with E-state index in [0.29, 0.717) is 13.1 Å². The molecule has 1 spiro atoms. The summed E-state index contributed by atoms with van der Waals surface area (Å²) >= 11 is 0. The highest BCUT2D eigenvalue weighted by Gasteiger charge is 2.65. The maximum absolute atomic E-state index is 12.5. The highest BCUT2D eigenvalue weighted by Crippen LogP contribution is 2.51. The lowest BCUT2D eigenvalue weighted by molar-refractivity contribution is -0.858. The molecule has 6 nitrogen and oxygen atoms in total. The number of hydrogen-bond acceptors (Lipinski definition) is 4. The van der Waals surface area contributed by atoms with Gasteiger partial charge < -0.3 is 24.4 Å². The second kappa shape index (κ2) is 4.56. The molecule has 0 aromatic heterocycles. The molecule has 2 fully saturated rings. The van der Waals surface area contributed by atoms with Crippen molar-refractivity contribution in [2.45, 2.75) is 18.1 Å². The molecule has 6 heteroatoms. The zero-order valence-electron chi connectivity index (χ0n) is 11.8. The van der Waals surface area contributed by atoms with Crippen LogP contribution >= 0.6 is 0 Å². The third kappa shape index (κ3) is 1.86. The third-order valence-corrected chi connectivity index (χ3v) is 4.56. The van der Waals surface area contributed by atoms with E-state index in [1.54, 1.807) is 11.0 Å². The van der Waals surface area contributed by atoms with Crippen molar-refractivity contribution in [1.82, 2.24) is 4.90 Å². The van der Waals surface area contributed by atoms with Crippen molar-refractivity contribution in [3.8, 4) is 0 Å². The quantitative estimate of drug-likeness (QED) is 0.547. The largest absolute Gasteiger partial charge is 0.550 e. The first kappa shape index (κ1) is 13.6. The number of nitrogens with zero attached hydrogens (tertiary/aromatic N) is 1. The summed E-state index contributed by atoms with van der Waals surface area (Å²) in [5.41, 5.74) is -0.725. The number of likely N-dealkylation sites (tertiary alicyclic amines) is 1. The summed E-state index contributed by atoms with van der Waals surface area (Å²) in [5, 5.41) is 11.3. The van der Waals surface area contributed by atoms with Crippen molar-refractivity contribution in [3.05, 3.63) is 12.2 Å². The molecule has 0 aliphatic carbocycles. The fraction of sp³-hybridized carbons (Fsp3) is 0.714. The number of fused-ring (bicyclic) bond motifs is 1. The molecule has 0 saturated carbocycles. The molecule has 3 rings (SSSR count). The lowest BCUT2D eigenvalue weighted by atomic mass is 9.77. The number of rotatable bonds is 5. The summed E-state index contributed by atoms with van der Waals surface area (Å²) in [4.78, 5) is 26.8. The second-order valence-corrected chi connectivity index (χ2v) is 6.29. The predicted octanol–water partition coefficient (Wildman–Crippen LogP) is -2.95. The number of aliphatic carboxylic acids is 1. The predicted molar refractivity (Wildman–Crippen MR) is 67.6 cm³/mol. The van der Waals surface area contributed by atoms with E-state index in [0.717, 1.165) is 13.0 Å². The smallest absolute Gasteiger partial charge is 0.229 e. The van der Waals surface area contributed by atoms with Crippen LogP contribution in [0.4, 0.5) is 0 Å². The molecule has 20 heavy (non-hydrogen) atoms. The van der Waals surface area contributed by atoms with E-state index < -0.39 is 29.5 Å². The molecule has 1 N–H and O–H groups in total. The SMILES string of the molecule is C[NH+](C)CCCN1C[C@@]23C=C[C@@H](O2)[C@H](C(=O)[O-])[C@@H]3C1=O. The van der Waals surface area contributed by atoms with Crippen LogP contribution in [0.25, 0.3) is 0 Å². The van der Waals surface area contributed by atoms with Crippen molar-refractivity contribution in [3.63, 3.8) is 0 Å². The van der Waals surface area contributed by atoms with Crippen LogP contribution in [0, 0.1) is 11.8 Å². The molecule has 3 aliphatic heterocycles. The number of carbonyl (C=O) groups is 2. The van der Waals surface area contributed by atoms with Gasteiger partial charge in [-0.1, -0.05) is 12.2 Å². The Balaban J connectivity index is 1.74. The maximum atomic E-state index is 12.5. The zero-order valence-corrected chi connectivity index (χ0v) is 11.8.